The van der Waals surface area contributed by atoms with Crippen molar-refractivity contribution in [3.63, 3.8) is 0 Å². The second-order valence-corrected chi connectivity index (χ2v) is 3.94. The SMILES string of the molecule is COc1cccc(OC)c1Oc1nccc(C)c1N. The largest absolute Gasteiger partial charge is 0.493 e. The smallest absolute Gasteiger partial charge is 0.243 e. The van der Waals surface area contributed by atoms with Crippen molar-refractivity contribution in [2.75, 3.05) is 20.0 Å². The molecule has 5 nitrogen and oxygen atoms in total. The summed E-state index contributed by atoms with van der Waals surface area (Å²) in [4.78, 5) is 4.13. The molecule has 0 fully saturated rings. The van der Waals surface area contributed by atoms with E-state index < -0.39 is 0 Å². The molecular formula is C14H16N2O3. The van der Waals surface area contributed by atoms with Crippen LogP contribution in [0, 0.1) is 6.92 Å². The maximum atomic E-state index is 5.94. The number of aryl methyl sites for hydroxylation is 1. The fourth-order valence-corrected chi connectivity index (χ4v) is 1.64. The van der Waals surface area contributed by atoms with Crippen LogP contribution < -0.4 is 19.9 Å². The van der Waals surface area contributed by atoms with Gasteiger partial charge in [-0.3, -0.25) is 0 Å². The monoisotopic (exact) mass is 260 g/mol. The zero-order valence-electron chi connectivity index (χ0n) is 11.1. The first kappa shape index (κ1) is 13.0. The van der Waals surface area contributed by atoms with Crippen molar-refractivity contribution in [1.29, 1.82) is 0 Å². The lowest BCUT2D eigenvalue weighted by Crippen LogP contribution is -2.00. The number of nitrogens with zero attached hydrogens (tertiary/aromatic N) is 1. The molecule has 2 N–H and O–H groups in total. The molecule has 0 saturated carbocycles. The Bertz CT molecular complexity index is 563. The van der Waals surface area contributed by atoms with Gasteiger partial charge < -0.3 is 19.9 Å². The first-order chi connectivity index (χ1) is 9.17. The van der Waals surface area contributed by atoms with Crippen molar-refractivity contribution in [3.05, 3.63) is 36.0 Å². The highest BCUT2D eigenvalue weighted by Gasteiger charge is 2.15. The van der Waals surface area contributed by atoms with Gasteiger partial charge in [0.25, 0.3) is 0 Å². The van der Waals surface area contributed by atoms with Gasteiger partial charge in [0.2, 0.25) is 11.6 Å². The van der Waals surface area contributed by atoms with E-state index in [1.165, 1.54) is 0 Å². The molecule has 2 aromatic rings. The van der Waals surface area contributed by atoms with Gasteiger partial charge in [-0.1, -0.05) is 6.07 Å². The standard InChI is InChI=1S/C14H16N2O3/c1-9-7-8-16-14(12(9)15)19-13-10(17-2)5-4-6-11(13)18-3/h4-8H,15H2,1-3H3. The van der Waals surface area contributed by atoms with E-state index in [-0.39, 0.29) is 0 Å². The second-order valence-electron chi connectivity index (χ2n) is 3.94. The van der Waals surface area contributed by atoms with Crippen molar-refractivity contribution < 1.29 is 14.2 Å². The van der Waals surface area contributed by atoms with Crippen LogP contribution in [0.2, 0.25) is 0 Å². The number of ether oxygens (including phenoxy) is 3. The zero-order valence-corrected chi connectivity index (χ0v) is 11.1. The van der Waals surface area contributed by atoms with Crippen molar-refractivity contribution in [3.8, 4) is 23.1 Å². The minimum atomic E-state index is 0.336. The number of nitrogens with two attached hydrogens (primary N) is 1. The fourth-order valence-electron chi connectivity index (χ4n) is 1.64. The maximum absolute atomic E-state index is 5.94. The Morgan fingerprint density at radius 1 is 1.05 bits per heavy atom. The molecule has 0 radical (unpaired) electrons. The lowest BCUT2D eigenvalue weighted by atomic mass is 10.2. The van der Waals surface area contributed by atoms with Gasteiger partial charge in [-0.2, -0.15) is 0 Å². The van der Waals surface area contributed by atoms with Crippen molar-refractivity contribution in [2.45, 2.75) is 6.92 Å². The maximum Gasteiger partial charge on any atom is 0.243 e. The summed E-state index contributed by atoms with van der Waals surface area (Å²) in [6, 6.07) is 7.20. The molecule has 0 aliphatic carbocycles. The molecule has 5 heteroatoms. The fraction of sp³-hybridized carbons (Fsp3) is 0.214. The molecule has 1 aromatic heterocycles. The van der Waals surface area contributed by atoms with Crippen molar-refractivity contribution in [1.82, 2.24) is 4.98 Å². The number of anilines is 1. The van der Waals surface area contributed by atoms with E-state index in [9.17, 15) is 0 Å². The molecule has 0 aliphatic heterocycles. The summed E-state index contributed by atoms with van der Waals surface area (Å²) in [5, 5.41) is 0. The number of para-hydroxylation sites is 1. The number of hydrogen-bond acceptors (Lipinski definition) is 5. The molecule has 2 rings (SSSR count). The van der Waals surface area contributed by atoms with Gasteiger partial charge in [0.05, 0.1) is 19.9 Å². The Kier molecular flexibility index (Phi) is 3.75. The summed E-state index contributed by atoms with van der Waals surface area (Å²) in [5.74, 6) is 1.91. The van der Waals surface area contributed by atoms with Crippen LogP contribution in [0.4, 0.5) is 5.69 Å². The van der Waals surface area contributed by atoms with Crippen LogP contribution in [0.1, 0.15) is 5.56 Å². The van der Waals surface area contributed by atoms with Gasteiger partial charge in [-0.25, -0.2) is 4.98 Å². The van der Waals surface area contributed by atoms with Crippen LogP contribution in [0.3, 0.4) is 0 Å². The predicted octanol–water partition coefficient (Wildman–Crippen LogP) is 2.78. The Hall–Kier alpha value is -2.43. The highest BCUT2D eigenvalue weighted by molar-refractivity contribution is 5.58. The average Bonchev–Trinajstić information content (AvgIpc) is 2.44. The topological polar surface area (TPSA) is 66.6 Å². The Labute approximate surface area is 111 Å². The van der Waals surface area contributed by atoms with Crippen LogP contribution >= 0.6 is 0 Å². The number of benzene rings is 1. The zero-order chi connectivity index (χ0) is 13.8. The summed E-state index contributed by atoms with van der Waals surface area (Å²) >= 11 is 0. The first-order valence-electron chi connectivity index (χ1n) is 5.77. The first-order valence-corrected chi connectivity index (χ1v) is 5.77. The third-order valence-corrected chi connectivity index (χ3v) is 2.75. The van der Waals surface area contributed by atoms with Crippen LogP contribution in [-0.2, 0) is 0 Å². The quantitative estimate of drug-likeness (QED) is 0.915. The number of rotatable bonds is 4. The summed E-state index contributed by atoms with van der Waals surface area (Å²) in [6.45, 7) is 1.89. The Morgan fingerprint density at radius 3 is 2.26 bits per heavy atom. The number of aromatic nitrogens is 1. The molecule has 0 bridgehead atoms. The van der Waals surface area contributed by atoms with Crippen molar-refractivity contribution in [2.24, 2.45) is 0 Å². The van der Waals surface area contributed by atoms with Crippen LogP contribution in [-0.4, -0.2) is 19.2 Å². The van der Waals surface area contributed by atoms with Crippen LogP contribution in [0.5, 0.6) is 23.1 Å². The van der Waals surface area contributed by atoms with Gasteiger partial charge in [-0.05, 0) is 30.7 Å². The van der Waals surface area contributed by atoms with Gasteiger partial charge in [0.1, 0.15) is 0 Å². The third kappa shape index (κ3) is 2.54. The summed E-state index contributed by atoms with van der Waals surface area (Å²) in [6.07, 6.45) is 1.64. The molecule has 0 atom stereocenters. The van der Waals surface area contributed by atoms with Gasteiger partial charge >= 0.3 is 0 Å². The van der Waals surface area contributed by atoms with E-state index in [1.54, 1.807) is 32.5 Å². The molecule has 100 valence electrons. The Balaban J connectivity index is 2.45. The number of hydrogen-bond donors (Lipinski definition) is 1. The van der Waals surface area contributed by atoms with Gasteiger partial charge in [0.15, 0.2) is 11.5 Å². The molecule has 0 aliphatic rings. The third-order valence-electron chi connectivity index (χ3n) is 2.75. The normalized spacial score (nSPS) is 10.1. The molecular weight excluding hydrogens is 244 g/mol. The lowest BCUT2D eigenvalue weighted by molar-refractivity contribution is 0.342. The summed E-state index contributed by atoms with van der Waals surface area (Å²) < 4.78 is 16.3. The van der Waals surface area contributed by atoms with E-state index in [2.05, 4.69) is 4.98 Å². The predicted molar refractivity (Wildman–Crippen MR) is 73.0 cm³/mol. The Morgan fingerprint density at radius 2 is 1.68 bits per heavy atom. The molecule has 19 heavy (non-hydrogen) atoms. The molecule has 1 heterocycles. The van der Waals surface area contributed by atoms with E-state index in [0.717, 1.165) is 5.56 Å². The molecule has 0 saturated heterocycles. The van der Waals surface area contributed by atoms with Gasteiger partial charge in [0, 0.05) is 6.20 Å². The summed E-state index contributed by atoms with van der Waals surface area (Å²) in [5.41, 5.74) is 7.34. The minimum Gasteiger partial charge on any atom is -0.493 e. The summed E-state index contributed by atoms with van der Waals surface area (Å²) in [7, 11) is 3.13. The highest BCUT2D eigenvalue weighted by atomic mass is 16.5. The highest BCUT2D eigenvalue weighted by Crippen LogP contribution is 2.40. The van der Waals surface area contributed by atoms with E-state index in [4.69, 9.17) is 19.9 Å². The van der Waals surface area contributed by atoms with Crippen LogP contribution in [0.25, 0.3) is 0 Å². The average molecular weight is 260 g/mol. The van der Waals surface area contributed by atoms with E-state index >= 15 is 0 Å². The van der Waals surface area contributed by atoms with E-state index in [1.807, 2.05) is 19.1 Å². The number of methoxy groups -OCH3 is 2. The molecule has 0 spiro atoms. The number of pyridine rings is 1. The van der Waals surface area contributed by atoms with Crippen molar-refractivity contribution >= 4 is 5.69 Å². The second kappa shape index (κ2) is 5.48. The minimum absolute atomic E-state index is 0.336. The van der Waals surface area contributed by atoms with Crippen LogP contribution in [0.15, 0.2) is 30.5 Å². The van der Waals surface area contributed by atoms with E-state index in [0.29, 0.717) is 28.8 Å². The van der Waals surface area contributed by atoms with Gasteiger partial charge in [-0.15, -0.1) is 0 Å². The number of nitrogen functional groups attached to an aromatic ring is 1. The molecule has 0 unspecified atom stereocenters. The molecule has 0 amide bonds. The lowest BCUT2D eigenvalue weighted by Gasteiger charge is -2.14. The molecule has 1 aromatic carbocycles.